The van der Waals surface area contributed by atoms with Gasteiger partial charge < -0.3 is 10.2 Å². The highest BCUT2D eigenvalue weighted by Gasteiger charge is 2.35. The van der Waals surface area contributed by atoms with E-state index in [-0.39, 0.29) is 5.54 Å². The molecule has 98 valence electrons. The summed E-state index contributed by atoms with van der Waals surface area (Å²) in [5.41, 5.74) is 0.0839. The molecule has 3 nitrogen and oxygen atoms in total. The Morgan fingerprint density at radius 3 is 2.24 bits per heavy atom. The van der Waals surface area contributed by atoms with Crippen LogP contribution in [-0.4, -0.2) is 37.1 Å². The molecular weight excluding hydrogens is 210 g/mol. The van der Waals surface area contributed by atoms with Crippen molar-refractivity contribution in [1.82, 2.24) is 10.2 Å². The highest BCUT2D eigenvalue weighted by molar-refractivity contribution is 5.09. The second-order valence-electron chi connectivity index (χ2n) is 6.65. The third-order valence-electron chi connectivity index (χ3n) is 3.85. The fraction of sp³-hybridized carbons (Fsp3) is 0.929. The molecule has 1 aliphatic rings. The topological polar surface area (TPSA) is 39.1 Å². The molecule has 0 spiro atoms. The lowest BCUT2D eigenvalue weighted by Gasteiger charge is -2.40. The lowest BCUT2D eigenvalue weighted by molar-refractivity contribution is 0.121. The molecule has 0 aliphatic heterocycles. The Labute approximate surface area is 106 Å². The largest absolute Gasteiger partial charge is 0.303 e. The zero-order valence-electron chi connectivity index (χ0n) is 12.0. The van der Waals surface area contributed by atoms with Crippen LogP contribution in [0.1, 0.15) is 46.5 Å². The summed E-state index contributed by atoms with van der Waals surface area (Å²) in [6, 6.07) is 3.09. The minimum absolute atomic E-state index is 0.265. The molecule has 0 aromatic rings. The van der Waals surface area contributed by atoms with Gasteiger partial charge in [0.1, 0.15) is 5.54 Å². The third-order valence-corrected chi connectivity index (χ3v) is 3.85. The van der Waals surface area contributed by atoms with Crippen molar-refractivity contribution < 1.29 is 0 Å². The number of nitrogens with zero attached hydrogens (tertiary/aromatic N) is 2. The van der Waals surface area contributed by atoms with E-state index in [0.717, 1.165) is 32.2 Å². The molecule has 0 amide bonds. The first kappa shape index (κ1) is 14.5. The number of hydrogen-bond acceptors (Lipinski definition) is 3. The van der Waals surface area contributed by atoms with E-state index in [9.17, 15) is 5.26 Å². The van der Waals surface area contributed by atoms with Crippen LogP contribution >= 0.6 is 0 Å². The van der Waals surface area contributed by atoms with Crippen molar-refractivity contribution in [3.63, 3.8) is 0 Å². The van der Waals surface area contributed by atoms with Crippen LogP contribution in [0.4, 0.5) is 0 Å². The molecule has 1 N–H and O–H groups in total. The molecule has 0 atom stereocenters. The SMILES string of the molecule is CNC1(C#N)CCC(N(C)CC(C)(C)C)CC1. The second kappa shape index (κ2) is 5.37. The molecule has 1 fully saturated rings. The van der Waals surface area contributed by atoms with Crippen molar-refractivity contribution in [2.24, 2.45) is 5.41 Å². The Hall–Kier alpha value is -0.590. The fourth-order valence-corrected chi connectivity index (χ4v) is 2.83. The lowest BCUT2D eigenvalue weighted by atomic mass is 9.79. The van der Waals surface area contributed by atoms with Gasteiger partial charge in [0.2, 0.25) is 0 Å². The molecule has 1 saturated carbocycles. The molecule has 0 heterocycles. The van der Waals surface area contributed by atoms with Gasteiger partial charge in [0.25, 0.3) is 0 Å². The van der Waals surface area contributed by atoms with Gasteiger partial charge in [-0.3, -0.25) is 0 Å². The average Bonchev–Trinajstić information content (AvgIpc) is 2.27. The Bertz CT molecular complexity index is 277. The van der Waals surface area contributed by atoms with Gasteiger partial charge in [-0.15, -0.1) is 0 Å². The van der Waals surface area contributed by atoms with E-state index < -0.39 is 0 Å². The normalized spacial score (nSPS) is 30.3. The molecule has 0 aromatic heterocycles. The average molecular weight is 237 g/mol. The van der Waals surface area contributed by atoms with E-state index in [2.05, 4.69) is 44.1 Å². The first-order valence-corrected chi connectivity index (χ1v) is 6.62. The number of nitrogens with one attached hydrogen (secondary N) is 1. The van der Waals surface area contributed by atoms with E-state index >= 15 is 0 Å². The Morgan fingerprint density at radius 1 is 1.35 bits per heavy atom. The van der Waals surface area contributed by atoms with E-state index in [1.807, 2.05) is 7.05 Å². The fourth-order valence-electron chi connectivity index (χ4n) is 2.83. The zero-order chi connectivity index (χ0) is 13.1. The quantitative estimate of drug-likeness (QED) is 0.819. The Balaban J connectivity index is 2.50. The van der Waals surface area contributed by atoms with Crippen molar-refractivity contribution in [3.05, 3.63) is 0 Å². The smallest absolute Gasteiger partial charge is 0.106 e. The number of rotatable bonds is 3. The molecule has 0 radical (unpaired) electrons. The predicted molar refractivity (Wildman–Crippen MR) is 71.7 cm³/mol. The van der Waals surface area contributed by atoms with Crippen LogP contribution < -0.4 is 5.32 Å². The van der Waals surface area contributed by atoms with Gasteiger partial charge in [-0.05, 0) is 45.2 Å². The van der Waals surface area contributed by atoms with Crippen LogP contribution in [0.2, 0.25) is 0 Å². The standard InChI is InChI=1S/C14H27N3/c1-13(2,3)11-17(5)12-6-8-14(10-15,16-4)9-7-12/h12,16H,6-9,11H2,1-5H3. The summed E-state index contributed by atoms with van der Waals surface area (Å²) in [4.78, 5) is 2.47. The molecule has 3 heteroatoms. The first-order chi connectivity index (χ1) is 7.82. The van der Waals surface area contributed by atoms with E-state index in [0.29, 0.717) is 11.5 Å². The molecule has 0 bridgehead atoms. The summed E-state index contributed by atoms with van der Waals surface area (Å²) in [5.74, 6) is 0. The van der Waals surface area contributed by atoms with Gasteiger partial charge in [-0.25, -0.2) is 0 Å². The molecule has 17 heavy (non-hydrogen) atoms. The van der Waals surface area contributed by atoms with Gasteiger partial charge in [-0.1, -0.05) is 20.8 Å². The highest BCUT2D eigenvalue weighted by atomic mass is 15.1. The molecule has 0 aromatic carbocycles. The summed E-state index contributed by atoms with van der Waals surface area (Å²) in [5, 5.41) is 12.4. The maximum Gasteiger partial charge on any atom is 0.106 e. The zero-order valence-corrected chi connectivity index (χ0v) is 12.0. The second-order valence-corrected chi connectivity index (χ2v) is 6.65. The molecule has 0 saturated heterocycles. The summed E-state index contributed by atoms with van der Waals surface area (Å²) >= 11 is 0. The van der Waals surface area contributed by atoms with Crippen molar-refractivity contribution in [2.45, 2.75) is 58.0 Å². The van der Waals surface area contributed by atoms with Crippen LogP contribution in [0.3, 0.4) is 0 Å². The van der Waals surface area contributed by atoms with Crippen molar-refractivity contribution in [2.75, 3.05) is 20.6 Å². The minimum atomic E-state index is -0.265. The van der Waals surface area contributed by atoms with Crippen LogP contribution in [0.5, 0.6) is 0 Å². The Morgan fingerprint density at radius 2 is 1.88 bits per heavy atom. The maximum atomic E-state index is 9.23. The van der Waals surface area contributed by atoms with E-state index in [1.54, 1.807) is 0 Å². The summed E-state index contributed by atoms with van der Waals surface area (Å²) in [7, 11) is 4.12. The third kappa shape index (κ3) is 3.97. The van der Waals surface area contributed by atoms with Gasteiger partial charge in [-0.2, -0.15) is 5.26 Å². The van der Waals surface area contributed by atoms with Crippen LogP contribution in [-0.2, 0) is 0 Å². The van der Waals surface area contributed by atoms with E-state index in [4.69, 9.17) is 0 Å². The van der Waals surface area contributed by atoms with Crippen molar-refractivity contribution >= 4 is 0 Å². The van der Waals surface area contributed by atoms with Crippen LogP contribution in [0.15, 0.2) is 0 Å². The summed E-state index contributed by atoms with van der Waals surface area (Å²) in [6.07, 6.45) is 4.19. The highest BCUT2D eigenvalue weighted by Crippen LogP contribution is 2.31. The van der Waals surface area contributed by atoms with Gasteiger partial charge >= 0.3 is 0 Å². The number of hydrogen-bond donors (Lipinski definition) is 1. The lowest BCUT2D eigenvalue weighted by Crippen LogP contribution is -2.49. The predicted octanol–water partition coefficient (Wildman–Crippen LogP) is 2.39. The van der Waals surface area contributed by atoms with Crippen LogP contribution in [0.25, 0.3) is 0 Å². The van der Waals surface area contributed by atoms with Crippen LogP contribution in [0, 0.1) is 16.7 Å². The summed E-state index contributed by atoms with van der Waals surface area (Å²) < 4.78 is 0. The molecular formula is C14H27N3. The van der Waals surface area contributed by atoms with Gasteiger partial charge in [0.15, 0.2) is 0 Å². The van der Waals surface area contributed by atoms with Crippen molar-refractivity contribution in [3.8, 4) is 6.07 Å². The van der Waals surface area contributed by atoms with Gasteiger partial charge in [0.05, 0.1) is 6.07 Å². The number of nitriles is 1. The van der Waals surface area contributed by atoms with Gasteiger partial charge in [0, 0.05) is 12.6 Å². The minimum Gasteiger partial charge on any atom is -0.303 e. The molecule has 1 aliphatic carbocycles. The first-order valence-electron chi connectivity index (χ1n) is 6.62. The molecule has 1 rings (SSSR count). The van der Waals surface area contributed by atoms with Crippen molar-refractivity contribution in [1.29, 1.82) is 5.26 Å². The van der Waals surface area contributed by atoms with E-state index in [1.165, 1.54) is 0 Å². The molecule has 0 unspecified atom stereocenters. The summed E-state index contributed by atoms with van der Waals surface area (Å²) in [6.45, 7) is 7.95. The maximum absolute atomic E-state index is 9.23. The Kier molecular flexibility index (Phi) is 4.57. The monoisotopic (exact) mass is 237 g/mol.